The van der Waals surface area contributed by atoms with Crippen LogP contribution >= 0.6 is 11.6 Å². The number of rotatable bonds is 6. The van der Waals surface area contributed by atoms with Gasteiger partial charge in [-0.15, -0.1) is 0 Å². The molecule has 2 aromatic carbocycles. The van der Waals surface area contributed by atoms with Crippen LogP contribution in [0.25, 0.3) is 0 Å². The molecule has 1 amide bonds. The summed E-state index contributed by atoms with van der Waals surface area (Å²) in [5.41, 5.74) is 1.87. The van der Waals surface area contributed by atoms with Crippen LogP contribution in [0.4, 0.5) is 0 Å². The maximum atomic E-state index is 12.2. The van der Waals surface area contributed by atoms with Gasteiger partial charge in [-0.1, -0.05) is 29.8 Å². The van der Waals surface area contributed by atoms with Gasteiger partial charge in [0.05, 0.1) is 26.7 Å². The van der Waals surface area contributed by atoms with Crippen molar-refractivity contribution in [3.05, 3.63) is 58.6 Å². The Balaban J connectivity index is 2.01. The first-order valence-corrected chi connectivity index (χ1v) is 7.67. The largest absolute Gasteiger partial charge is 0.493 e. The summed E-state index contributed by atoms with van der Waals surface area (Å²) in [5, 5.41) is 3.64. The van der Waals surface area contributed by atoms with Crippen molar-refractivity contribution in [2.24, 2.45) is 0 Å². The summed E-state index contributed by atoms with van der Waals surface area (Å²) in [5.74, 6) is 1.26. The number of amides is 1. The summed E-state index contributed by atoms with van der Waals surface area (Å²) in [4.78, 5) is 12.2. The van der Waals surface area contributed by atoms with Gasteiger partial charge in [-0.2, -0.15) is 0 Å². The normalized spacial score (nSPS) is 11.7. The first-order chi connectivity index (χ1) is 11.0. The zero-order valence-electron chi connectivity index (χ0n) is 13.4. The molecule has 1 unspecified atom stereocenters. The Kier molecular flexibility index (Phi) is 5.88. The van der Waals surface area contributed by atoms with Crippen LogP contribution in [0.15, 0.2) is 42.5 Å². The molecule has 0 aromatic heterocycles. The third-order valence-corrected chi connectivity index (χ3v) is 3.82. The van der Waals surface area contributed by atoms with Gasteiger partial charge in [-0.05, 0) is 42.3 Å². The van der Waals surface area contributed by atoms with Crippen LogP contribution < -0.4 is 14.8 Å². The lowest BCUT2D eigenvalue weighted by Crippen LogP contribution is -2.28. The number of methoxy groups -OCH3 is 2. The zero-order chi connectivity index (χ0) is 16.8. The van der Waals surface area contributed by atoms with Crippen LogP contribution in [0.2, 0.25) is 5.02 Å². The van der Waals surface area contributed by atoms with Gasteiger partial charge in [0.1, 0.15) is 0 Å². The molecule has 0 aliphatic carbocycles. The van der Waals surface area contributed by atoms with E-state index in [1.54, 1.807) is 26.4 Å². The number of hydrogen-bond donors (Lipinski definition) is 1. The van der Waals surface area contributed by atoms with Gasteiger partial charge in [0.15, 0.2) is 11.5 Å². The van der Waals surface area contributed by atoms with Crippen molar-refractivity contribution >= 4 is 17.5 Å². The average molecular weight is 334 g/mol. The van der Waals surface area contributed by atoms with Crippen LogP contribution in [-0.2, 0) is 11.2 Å². The highest BCUT2D eigenvalue weighted by molar-refractivity contribution is 6.30. The highest BCUT2D eigenvalue weighted by Gasteiger charge is 2.13. The maximum Gasteiger partial charge on any atom is 0.224 e. The van der Waals surface area contributed by atoms with E-state index in [9.17, 15) is 4.79 Å². The van der Waals surface area contributed by atoms with Crippen LogP contribution in [0.3, 0.4) is 0 Å². The first-order valence-electron chi connectivity index (χ1n) is 7.29. The number of hydrogen-bond acceptors (Lipinski definition) is 3. The molecule has 2 rings (SSSR count). The minimum absolute atomic E-state index is 0.0467. The van der Waals surface area contributed by atoms with Crippen LogP contribution in [0, 0.1) is 0 Å². The van der Waals surface area contributed by atoms with E-state index in [2.05, 4.69) is 5.32 Å². The van der Waals surface area contributed by atoms with Crippen molar-refractivity contribution in [3.63, 3.8) is 0 Å². The summed E-state index contributed by atoms with van der Waals surface area (Å²) < 4.78 is 10.5. The van der Waals surface area contributed by atoms with E-state index in [0.717, 1.165) is 11.1 Å². The Morgan fingerprint density at radius 1 is 1.09 bits per heavy atom. The third-order valence-electron chi connectivity index (χ3n) is 3.56. The van der Waals surface area contributed by atoms with Crippen LogP contribution in [-0.4, -0.2) is 20.1 Å². The average Bonchev–Trinajstić information content (AvgIpc) is 2.56. The SMILES string of the molecule is COc1ccc(C(C)NC(=O)Cc2ccc(Cl)cc2)cc1OC. The number of carbonyl (C=O) groups excluding carboxylic acids is 1. The number of halogens is 1. The number of carbonyl (C=O) groups is 1. The molecule has 2 aromatic rings. The summed E-state index contributed by atoms with van der Waals surface area (Å²) in [6.45, 7) is 1.93. The summed E-state index contributed by atoms with van der Waals surface area (Å²) in [7, 11) is 3.18. The lowest BCUT2D eigenvalue weighted by atomic mass is 10.1. The second kappa shape index (κ2) is 7.88. The van der Waals surface area contributed by atoms with Gasteiger partial charge in [0.25, 0.3) is 0 Å². The van der Waals surface area contributed by atoms with E-state index in [1.165, 1.54) is 0 Å². The molecule has 0 radical (unpaired) electrons. The van der Waals surface area contributed by atoms with Gasteiger partial charge < -0.3 is 14.8 Å². The molecule has 0 aliphatic heterocycles. The maximum absolute atomic E-state index is 12.2. The van der Waals surface area contributed by atoms with Gasteiger partial charge >= 0.3 is 0 Å². The predicted octanol–water partition coefficient (Wildman–Crippen LogP) is 3.78. The molecule has 23 heavy (non-hydrogen) atoms. The molecule has 0 bridgehead atoms. The monoisotopic (exact) mass is 333 g/mol. The summed E-state index contributed by atoms with van der Waals surface area (Å²) >= 11 is 5.84. The molecule has 5 heteroatoms. The number of ether oxygens (including phenoxy) is 2. The smallest absolute Gasteiger partial charge is 0.224 e. The Morgan fingerprint density at radius 2 is 1.74 bits per heavy atom. The van der Waals surface area contributed by atoms with Crippen molar-refractivity contribution in [1.29, 1.82) is 0 Å². The van der Waals surface area contributed by atoms with E-state index in [4.69, 9.17) is 21.1 Å². The van der Waals surface area contributed by atoms with Gasteiger partial charge in [0.2, 0.25) is 5.91 Å². The summed E-state index contributed by atoms with van der Waals surface area (Å²) in [6, 6.07) is 12.7. The van der Waals surface area contributed by atoms with Gasteiger partial charge in [-0.3, -0.25) is 4.79 Å². The van der Waals surface area contributed by atoms with Crippen molar-refractivity contribution in [2.75, 3.05) is 14.2 Å². The molecular formula is C18H20ClNO3. The molecule has 0 heterocycles. The molecule has 4 nitrogen and oxygen atoms in total. The second-order valence-electron chi connectivity index (χ2n) is 5.21. The molecule has 0 fully saturated rings. The zero-order valence-corrected chi connectivity index (χ0v) is 14.2. The van der Waals surface area contributed by atoms with Crippen molar-refractivity contribution in [3.8, 4) is 11.5 Å². The Bertz CT molecular complexity index is 670. The lowest BCUT2D eigenvalue weighted by Gasteiger charge is -2.16. The minimum atomic E-state index is -0.130. The molecule has 0 spiro atoms. The minimum Gasteiger partial charge on any atom is -0.493 e. The van der Waals surface area contributed by atoms with Gasteiger partial charge in [-0.25, -0.2) is 0 Å². The fraction of sp³-hybridized carbons (Fsp3) is 0.278. The molecule has 1 N–H and O–H groups in total. The molecule has 122 valence electrons. The summed E-state index contributed by atoms with van der Waals surface area (Å²) in [6.07, 6.45) is 0.314. The Labute approximate surface area is 141 Å². The number of nitrogens with one attached hydrogen (secondary N) is 1. The molecule has 0 saturated heterocycles. The fourth-order valence-electron chi connectivity index (χ4n) is 2.29. The quantitative estimate of drug-likeness (QED) is 0.875. The van der Waals surface area contributed by atoms with E-state index in [0.29, 0.717) is 22.9 Å². The highest BCUT2D eigenvalue weighted by atomic mass is 35.5. The van der Waals surface area contributed by atoms with E-state index in [-0.39, 0.29) is 11.9 Å². The van der Waals surface area contributed by atoms with Gasteiger partial charge in [0, 0.05) is 5.02 Å². The number of benzene rings is 2. The third kappa shape index (κ3) is 4.63. The van der Waals surface area contributed by atoms with E-state index in [1.807, 2.05) is 37.3 Å². The van der Waals surface area contributed by atoms with E-state index >= 15 is 0 Å². The second-order valence-corrected chi connectivity index (χ2v) is 5.64. The molecule has 1 atom stereocenters. The molecule has 0 saturated carbocycles. The lowest BCUT2D eigenvalue weighted by molar-refractivity contribution is -0.121. The molecule has 0 aliphatic rings. The fourth-order valence-corrected chi connectivity index (χ4v) is 2.41. The predicted molar refractivity (Wildman–Crippen MR) is 91.3 cm³/mol. The first kappa shape index (κ1) is 17.2. The standard InChI is InChI=1S/C18H20ClNO3/c1-12(14-6-9-16(22-2)17(11-14)23-3)20-18(21)10-13-4-7-15(19)8-5-13/h4-9,11-12H,10H2,1-3H3,(H,20,21). The highest BCUT2D eigenvalue weighted by Crippen LogP contribution is 2.29. The Hall–Kier alpha value is -2.20. The Morgan fingerprint density at radius 3 is 2.35 bits per heavy atom. The van der Waals surface area contributed by atoms with Crippen molar-refractivity contribution in [1.82, 2.24) is 5.32 Å². The van der Waals surface area contributed by atoms with Crippen molar-refractivity contribution in [2.45, 2.75) is 19.4 Å². The van der Waals surface area contributed by atoms with E-state index < -0.39 is 0 Å². The van der Waals surface area contributed by atoms with Crippen LogP contribution in [0.5, 0.6) is 11.5 Å². The van der Waals surface area contributed by atoms with Crippen LogP contribution in [0.1, 0.15) is 24.1 Å². The topological polar surface area (TPSA) is 47.6 Å². The molecular weight excluding hydrogens is 314 g/mol. The van der Waals surface area contributed by atoms with Crippen molar-refractivity contribution < 1.29 is 14.3 Å².